The molecule has 5 aromatic rings. The molecule has 1 aromatic heterocycles. The number of rotatable bonds is 4. The van der Waals surface area contributed by atoms with Crippen molar-refractivity contribution in [2.24, 2.45) is 4.99 Å². The summed E-state index contributed by atoms with van der Waals surface area (Å²) < 4.78 is 19.9. The van der Waals surface area contributed by atoms with E-state index >= 15 is 0 Å². The fraction of sp³-hybridized carbons (Fsp3) is 0.133. The van der Waals surface area contributed by atoms with Crippen LogP contribution in [0.3, 0.4) is 0 Å². The molecule has 0 spiro atoms. The third-order valence-corrected chi connectivity index (χ3v) is 5.91. The van der Waals surface area contributed by atoms with Crippen LogP contribution in [0, 0.1) is 5.82 Å². The van der Waals surface area contributed by atoms with Gasteiger partial charge in [-0.3, -0.25) is 4.99 Å². The van der Waals surface area contributed by atoms with Crippen LogP contribution in [0.25, 0.3) is 33.7 Å². The van der Waals surface area contributed by atoms with E-state index in [1.54, 1.807) is 0 Å². The van der Waals surface area contributed by atoms with Crippen LogP contribution < -0.4 is 0 Å². The summed E-state index contributed by atoms with van der Waals surface area (Å²) in [4.78, 5) is 9.39. The largest absolute Gasteiger partial charge is 0.507 e. The van der Waals surface area contributed by atoms with Crippen molar-refractivity contribution in [3.8, 4) is 28.3 Å². The third kappa shape index (κ3) is 4.58. The van der Waals surface area contributed by atoms with Gasteiger partial charge >= 0.3 is 0 Å². The number of benzene rings is 4. The van der Waals surface area contributed by atoms with E-state index in [9.17, 15) is 9.50 Å². The Kier molecular flexibility index (Phi) is 5.69. The van der Waals surface area contributed by atoms with Crippen molar-refractivity contribution in [3.05, 3.63) is 102 Å². The molecule has 0 radical (unpaired) electrons. The predicted molar refractivity (Wildman–Crippen MR) is 139 cm³/mol. The molecule has 1 N–H and O–H groups in total. The summed E-state index contributed by atoms with van der Waals surface area (Å²) in [7, 11) is 0. The highest BCUT2D eigenvalue weighted by molar-refractivity contribution is 5.94. The van der Waals surface area contributed by atoms with E-state index in [2.05, 4.69) is 50.0 Å². The molecule has 4 aromatic carbocycles. The molecule has 0 saturated heterocycles. The van der Waals surface area contributed by atoms with Gasteiger partial charge in [0, 0.05) is 17.3 Å². The normalized spacial score (nSPS) is 12.0. The number of aromatic nitrogens is 1. The minimum absolute atomic E-state index is 0.0447. The van der Waals surface area contributed by atoms with Crippen LogP contribution in [-0.4, -0.2) is 16.3 Å². The number of fused-ring (bicyclic) bond motifs is 1. The van der Waals surface area contributed by atoms with E-state index in [0.29, 0.717) is 28.3 Å². The first kappa shape index (κ1) is 22.5. The standard InChI is InChI=1S/C30H25FN2O2/c1-30(2,3)21-16-24(19-9-5-4-6-10-19)28-27(17-21)35-29(33-28)23-11-7-8-12-25(23)32-18-20-15-22(31)13-14-26(20)34/h4-18,34H,1-3H3. The lowest BCUT2D eigenvalue weighted by Gasteiger charge is -2.20. The van der Waals surface area contributed by atoms with E-state index < -0.39 is 5.82 Å². The Labute approximate surface area is 203 Å². The van der Waals surface area contributed by atoms with E-state index in [-0.39, 0.29) is 11.2 Å². The second-order valence-electron chi connectivity index (χ2n) is 9.48. The van der Waals surface area contributed by atoms with Crippen molar-refractivity contribution in [3.63, 3.8) is 0 Å². The maximum atomic E-state index is 13.6. The van der Waals surface area contributed by atoms with Crippen LogP contribution >= 0.6 is 0 Å². The summed E-state index contributed by atoms with van der Waals surface area (Å²) in [5.74, 6) is -0.0456. The van der Waals surface area contributed by atoms with Gasteiger partial charge in [0.2, 0.25) is 5.89 Å². The van der Waals surface area contributed by atoms with Crippen molar-refractivity contribution in [2.45, 2.75) is 26.2 Å². The molecule has 0 aliphatic carbocycles. The molecule has 0 amide bonds. The Balaban J connectivity index is 1.65. The number of aromatic hydroxyl groups is 1. The van der Waals surface area contributed by atoms with E-state index in [4.69, 9.17) is 9.40 Å². The van der Waals surface area contributed by atoms with Gasteiger partial charge in [0.1, 0.15) is 17.1 Å². The SMILES string of the molecule is CC(C)(C)c1cc(-c2ccccc2)c2nc(-c3ccccc3N=Cc3cc(F)ccc3O)oc2c1. The number of hydrogen-bond acceptors (Lipinski definition) is 4. The van der Waals surface area contributed by atoms with Crippen LogP contribution in [0.5, 0.6) is 5.75 Å². The van der Waals surface area contributed by atoms with Gasteiger partial charge in [-0.1, -0.05) is 63.2 Å². The maximum absolute atomic E-state index is 13.6. The van der Waals surface area contributed by atoms with Crippen molar-refractivity contribution in [2.75, 3.05) is 0 Å². The molecule has 5 heteroatoms. The molecular formula is C30H25FN2O2. The van der Waals surface area contributed by atoms with Gasteiger partial charge in [-0.15, -0.1) is 0 Å². The molecule has 0 aliphatic rings. The van der Waals surface area contributed by atoms with Gasteiger partial charge in [-0.25, -0.2) is 9.37 Å². The van der Waals surface area contributed by atoms with E-state index in [1.165, 1.54) is 24.4 Å². The Bertz CT molecular complexity index is 1550. The number of oxazole rings is 1. The zero-order valence-electron chi connectivity index (χ0n) is 19.8. The Morgan fingerprint density at radius 2 is 1.63 bits per heavy atom. The van der Waals surface area contributed by atoms with Gasteiger partial charge in [0.25, 0.3) is 0 Å². The van der Waals surface area contributed by atoms with Crippen molar-refractivity contribution >= 4 is 23.0 Å². The Morgan fingerprint density at radius 1 is 0.886 bits per heavy atom. The smallest absolute Gasteiger partial charge is 0.229 e. The van der Waals surface area contributed by atoms with Crippen molar-refractivity contribution < 1.29 is 13.9 Å². The quantitative estimate of drug-likeness (QED) is 0.274. The molecule has 1 heterocycles. The number of nitrogens with zero attached hydrogens (tertiary/aromatic N) is 2. The number of halogens is 1. The van der Waals surface area contributed by atoms with E-state index in [0.717, 1.165) is 22.2 Å². The van der Waals surface area contributed by atoms with Gasteiger partial charge in [-0.05, 0) is 59.0 Å². The number of hydrogen-bond donors (Lipinski definition) is 1. The maximum Gasteiger partial charge on any atom is 0.229 e. The van der Waals surface area contributed by atoms with Crippen LogP contribution in [0.15, 0.2) is 94.3 Å². The molecule has 4 nitrogen and oxygen atoms in total. The van der Waals surface area contributed by atoms with Crippen LogP contribution in [0.1, 0.15) is 31.9 Å². The second kappa shape index (κ2) is 8.84. The highest BCUT2D eigenvalue weighted by atomic mass is 19.1. The summed E-state index contributed by atoms with van der Waals surface area (Å²) in [5, 5.41) is 10.0. The lowest BCUT2D eigenvalue weighted by atomic mass is 9.85. The number of phenols is 1. The number of para-hydroxylation sites is 1. The Hall–Kier alpha value is -4.25. The fourth-order valence-corrected chi connectivity index (χ4v) is 3.95. The minimum Gasteiger partial charge on any atom is -0.507 e. The summed E-state index contributed by atoms with van der Waals surface area (Å²) in [6.45, 7) is 6.52. The molecule has 35 heavy (non-hydrogen) atoms. The minimum atomic E-state index is -0.445. The van der Waals surface area contributed by atoms with Crippen LogP contribution in [0.4, 0.5) is 10.1 Å². The van der Waals surface area contributed by atoms with Gasteiger partial charge < -0.3 is 9.52 Å². The molecule has 5 rings (SSSR count). The van der Waals surface area contributed by atoms with Gasteiger partial charge in [0.15, 0.2) is 5.58 Å². The molecule has 0 unspecified atom stereocenters. The molecule has 0 bridgehead atoms. The van der Waals surface area contributed by atoms with Crippen LogP contribution in [0.2, 0.25) is 0 Å². The van der Waals surface area contributed by atoms with Gasteiger partial charge in [0.05, 0.1) is 11.3 Å². The number of phenolic OH excluding ortho intramolecular Hbond substituents is 1. The first-order valence-electron chi connectivity index (χ1n) is 11.4. The van der Waals surface area contributed by atoms with E-state index in [1.807, 2.05) is 42.5 Å². The summed E-state index contributed by atoms with van der Waals surface area (Å²) in [6, 6.07) is 25.6. The zero-order chi connectivity index (χ0) is 24.6. The van der Waals surface area contributed by atoms with Crippen molar-refractivity contribution in [1.29, 1.82) is 0 Å². The molecule has 0 atom stereocenters. The monoisotopic (exact) mass is 464 g/mol. The summed E-state index contributed by atoms with van der Waals surface area (Å²) in [6.07, 6.45) is 1.44. The molecule has 0 saturated carbocycles. The molecule has 0 fully saturated rings. The highest BCUT2D eigenvalue weighted by Gasteiger charge is 2.21. The summed E-state index contributed by atoms with van der Waals surface area (Å²) >= 11 is 0. The predicted octanol–water partition coefficient (Wildman–Crippen LogP) is 8.05. The fourth-order valence-electron chi connectivity index (χ4n) is 3.95. The Morgan fingerprint density at radius 3 is 2.40 bits per heavy atom. The third-order valence-electron chi connectivity index (χ3n) is 5.91. The first-order chi connectivity index (χ1) is 16.8. The first-order valence-corrected chi connectivity index (χ1v) is 11.4. The average Bonchev–Trinajstić information content (AvgIpc) is 3.28. The molecular weight excluding hydrogens is 439 g/mol. The van der Waals surface area contributed by atoms with Crippen LogP contribution in [-0.2, 0) is 5.41 Å². The number of aliphatic imine (C=N–C) groups is 1. The summed E-state index contributed by atoms with van der Waals surface area (Å²) in [5.41, 5.74) is 6.23. The lowest BCUT2D eigenvalue weighted by molar-refractivity contribution is 0.472. The lowest BCUT2D eigenvalue weighted by Crippen LogP contribution is -2.11. The van der Waals surface area contributed by atoms with Gasteiger partial charge in [-0.2, -0.15) is 0 Å². The zero-order valence-corrected chi connectivity index (χ0v) is 19.8. The average molecular weight is 465 g/mol. The molecule has 0 aliphatic heterocycles. The molecule has 174 valence electrons. The topological polar surface area (TPSA) is 58.6 Å². The van der Waals surface area contributed by atoms with Crippen molar-refractivity contribution in [1.82, 2.24) is 4.98 Å². The highest BCUT2D eigenvalue weighted by Crippen LogP contribution is 2.38. The second-order valence-corrected chi connectivity index (χ2v) is 9.48.